The van der Waals surface area contributed by atoms with Gasteiger partial charge in [0.1, 0.15) is 6.04 Å². The number of hydrogen-bond acceptors (Lipinski definition) is 4. The number of hydrogen-bond donors (Lipinski definition) is 2. The van der Waals surface area contributed by atoms with Crippen molar-refractivity contribution < 1.29 is 9.59 Å². The zero-order valence-corrected chi connectivity index (χ0v) is 14.5. The molecule has 2 amide bonds. The molecule has 0 unspecified atom stereocenters. The summed E-state index contributed by atoms with van der Waals surface area (Å²) in [6.45, 7) is 6.85. The highest BCUT2D eigenvalue weighted by atomic mass is 16.2. The van der Waals surface area contributed by atoms with Crippen molar-refractivity contribution in [3.05, 3.63) is 29.8 Å². The van der Waals surface area contributed by atoms with Gasteiger partial charge in [0.15, 0.2) is 0 Å². The molecule has 2 saturated heterocycles. The number of imide groups is 1. The first kappa shape index (κ1) is 17.0. The zero-order valence-electron chi connectivity index (χ0n) is 14.5. The van der Waals surface area contributed by atoms with Crippen LogP contribution >= 0.6 is 0 Å². The standard InChI is InChI=1S/C19H27N3O2/c1-13(2)22-11-9-15(10-12-22)14-3-5-16(6-4-14)20-17-7-8-18(23)21-19(17)24/h3-6,13,15,17,20H,7-12H2,1-2H3,(H,21,23,24)/t17-/m1/s1. The predicted octanol–water partition coefficient (Wildman–Crippen LogP) is 2.49. The number of carbonyl (C=O) groups excluding carboxylic acids is 2. The first-order valence-electron chi connectivity index (χ1n) is 8.97. The van der Waals surface area contributed by atoms with E-state index in [0.29, 0.717) is 24.8 Å². The molecule has 3 rings (SSSR count). The SMILES string of the molecule is CC(C)N1CCC(c2ccc(N[C@@H]3CCC(=O)NC3=O)cc2)CC1. The fourth-order valence-corrected chi connectivity index (χ4v) is 3.63. The summed E-state index contributed by atoms with van der Waals surface area (Å²) in [5.74, 6) is 0.224. The lowest BCUT2D eigenvalue weighted by molar-refractivity contribution is -0.133. The molecule has 2 aliphatic rings. The fourth-order valence-electron chi connectivity index (χ4n) is 3.63. The largest absolute Gasteiger partial charge is 0.374 e. The van der Waals surface area contributed by atoms with E-state index in [1.165, 1.54) is 31.5 Å². The Hall–Kier alpha value is -1.88. The topological polar surface area (TPSA) is 61.4 Å². The summed E-state index contributed by atoms with van der Waals surface area (Å²) in [6, 6.07) is 8.75. The van der Waals surface area contributed by atoms with E-state index >= 15 is 0 Å². The van der Waals surface area contributed by atoms with E-state index in [0.717, 1.165) is 5.69 Å². The fraction of sp³-hybridized carbons (Fsp3) is 0.579. The van der Waals surface area contributed by atoms with Crippen LogP contribution in [0, 0.1) is 0 Å². The van der Waals surface area contributed by atoms with Gasteiger partial charge in [-0.2, -0.15) is 0 Å². The third-order valence-corrected chi connectivity index (χ3v) is 5.22. The second-order valence-electron chi connectivity index (χ2n) is 7.17. The van der Waals surface area contributed by atoms with Crippen LogP contribution < -0.4 is 10.6 Å². The molecular formula is C19H27N3O2. The molecule has 1 aromatic rings. The summed E-state index contributed by atoms with van der Waals surface area (Å²) in [7, 11) is 0. The van der Waals surface area contributed by atoms with Crippen molar-refractivity contribution in [2.45, 2.75) is 57.5 Å². The van der Waals surface area contributed by atoms with E-state index < -0.39 is 0 Å². The van der Waals surface area contributed by atoms with E-state index in [9.17, 15) is 9.59 Å². The Balaban J connectivity index is 1.56. The van der Waals surface area contributed by atoms with Gasteiger partial charge in [0.25, 0.3) is 0 Å². The number of anilines is 1. The van der Waals surface area contributed by atoms with Crippen LogP contribution in [0.4, 0.5) is 5.69 Å². The van der Waals surface area contributed by atoms with Crippen molar-refractivity contribution in [3.8, 4) is 0 Å². The van der Waals surface area contributed by atoms with E-state index in [1.807, 2.05) is 12.1 Å². The highest BCUT2D eigenvalue weighted by Crippen LogP contribution is 2.29. The molecule has 0 aromatic heterocycles. The van der Waals surface area contributed by atoms with Crippen molar-refractivity contribution in [3.63, 3.8) is 0 Å². The Labute approximate surface area is 143 Å². The molecular weight excluding hydrogens is 302 g/mol. The molecule has 0 spiro atoms. The monoisotopic (exact) mass is 329 g/mol. The first-order valence-corrected chi connectivity index (χ1v) is 8.97. The maximum absolute atomic E-state index is 11.8. The third-order valence-electron chi connectivity index (χ3n) is 5.22. The first-order chi connectivity index (χ1) is 11.5. The van der Waals surface area contributed by atoms with Crippen molar-refractivity contribution in [1.29, 1.82) is 0 Å². The van der Waals surface area contributed by atoms with Crippen LogP contribution in [0.2, 0.25) is 0 Å². The Bertz CT molecular complexity index is 589. The minimum atomic E-state index is -0.317. The van der Waals surface area contributed by atoms with E-state index in [1.54, 1.807) is 0 Å². The number of nitrogens with zero attached hydrogens (tertiary/aromatic N) is 1. The lowest BCUT2D eigenvalue weighted by Crippen LogP contribution is -2.47. The van der Waals surface area contributed by atoms with Crippen LogP contribution in [-0.2, 0) is 9.59 Å². The number of benzene rings is 1. The van der Waals surface area contributed by atoms with E-state index in [4.69, 9.17) is 0 Å². The number of piperidine rings is 2. The summed E-state index contributed by atoms with van der Waals surface area (Å²) < 4.78 is 0. The lowest BCUT2D eigenvalue weighted by Gasteiger charge is -2.34. The number of carbonyl (C=O) groups is 2. The Morgan fingerprint density at radius 1 is 1.08 bits per heavy atom. The van der Waals surface area contributed by atoms with Gasteiger partial charge in [-0.1, -0.05) is 12.1 Å². The van der Waals surface area contributed by atoms with Crippen LogP contribution in [0.1, 0.15) is 51.0 Å². The molecule has 0 radical (unpaired) electrons. The Morgan fingerprint density at radius 2 is 1.75 bits per heavy atom. The molecule has 5 heteroatoms. The second-order valence-corrected chi connectivity index (χ2v) is 7.17. The predicted molar refractivity (Wildman–Crippen MR) is 94.9 cm³/mol. The minimum Gasteiger partial charge on any atom is -0.374 e. The van der Waals surface area contributed by atoms with Crippen LogP contribution in [0.15, 0.2) is 24.3 Å². The highest BCUT2D eigenvalue weighted by Gasteiger charge is 2.26. The van der Waals surface area contributed by atoms with Gasteiger partial charge in [0.2, 0.25) is 11.8 Å². The van der Waals surface area contributed by atoms with Crippen LogP contribution in [-0.4, -0.2) is 41.9 Å². The smallest absolute Gasteiger partial charge is 0.249 e. The molecule has 0 aliphatic carbocycles. The number of likely N-dealkylation sites (tertiary alicyclic amines) is 1. The average molecular weight is 329 g/mol. The summed E-state index contributed by atoms with van der Waals surface area (Å²) in [5, 5.41) is 5.61. The van der Waals surface area contributed by atoms with Gasteiger partial charge in [0.05, 0.1) is 0 Å². The highest BCUT2D eigenvalue weighted by molar-refractivity contribution is 6.01. The molecule has 2 heterocycles. The van der Waals surface area contributed by atoms with Crippen molar-refractivity contribution in [2.24, 2.45) is 0 Å². The van der Waals surface area contributed by atoms with Crippen LogP contribution in [0.3, 0.4) is 0 Å². The number of amides is 2. The molecule has 130 valence electrons. The number of nitrogens with one attached hydrogen (secondary N) is 2. The molecule has 0 bridgehead atoms. The Kier molecular flexibility index (Phi) is 5.19. The van der Waals surface area contributed by atoms with Gasteiger partial charge >= 0.3 is 0 Å². The van der Waals surface area contributed by atoms with E-state index in [-0.39, 0.29) is 17.9 Å². The van der Waals surface area contributed by atoms with Gasteiger partial charge in [0, 0.05) is 18.2 Å². The van der Waals surface area contributed by atoms with Gasteiger partial charge < -0.3 is 10.2 Å². The summed E-state index contributed by atoms with van der Waals surface area (Å²) in [6.07, 6.45) is 3.37. The summed E-state index contributed by atoms with van der Waals surface area (Å²) in [5.41, 5.74) is 2.32. The number of rotatable bonds is 4. The lowest BCUT2D eigenvalue weighted by atomic mass is 9.89. The molecule has 2 N–H and O–H groups in total. The quantitative estimate of drug-likeness (QED) is 0.833. The normalized spacial score (nSPS) is 23.4. The van der Waals surface area contributed by atoms with Crippen molar-refractivity contribution in [2.75, 3.05) is 18.4 Å². The second kappa shape index (κ2) is 7.34. The summed E-state index contributed by atoms with van der Waals surface area (Å²) in [4.78, 5) is 25.5. The molecule has 0 saturated carbocycles. The third kappa shape index (κ3) is 3.96. The van der Waals surface area contributed by atoms with Crippen LogP contribution in [0.25, 0.3) is 0 Å². The zero-order chi connectivity index (χ0) is 17.1. The van der Waals surface area contributed by atoms with Crippen molar-refractivity contribution in [1.82, 2.24) is 10.2 Å². The Morgan fingerprint density at radius 3 is 2.33 bits per heavy atom. The van der Waals surface area contributed by atoms with Gasteiger partial charge in [-0.05, 0) is 69.8 Å². The van der Waals surface area contributed by atoms with Gasteiger partial charge in [-0.3, -0.25) is 14.9 Å². The molecule has 2 aliphatic heterocycles. The molecule has 1 atom stereocenters. The molecule has 5 nitrogen and oxygen atoms in total. The molecule has 2 fully saturated rings. The molecule has 24 heavy (non-hydrogen) atoms. The maximum Gasteiger partial charge on any atom is 0.249 e. The van der Waals surface area contributed by atoms with Crippen molar-refractivity contribution >= 4 is 17.5 Å². The maximum atomic E-state index is 11.8. The summed E-state index contributed by atoms with van der Waals surface area (Å²) >= 11 is 0. The molecule has 1 aromatic carbocycles. The van der Waals surface area contributed by atoms with E-state index in [2.05, 4.69) is 41.5 Å². The van der Waals surface area contributed by atoms with Gasteiger partial charge in [-0.15, -0.1) is 0 Å². The van der Waals surface area contributed by atoms with Gasteiger partial charge in [-0.25, -0.2) is 0 Å². The van der Waals surface area contributed by atoms with Crippen LogP contribution in [0.5, 0.6) is 0 Å². The average Bonchev–Trinajstić information content (AvgIpc) is 2.58. The minimum absolute atomic E-state index is 0.180.